The van der Waals surface area contributed by atoms with E-state index in [1.165, 1.54) is 18.2 Å². The zero-order chi connectivity index (χ0) is 15.6. The van der Waals surface area contributed by atoms with Crippen molar-refractivity contribution in [1.82, 2.24) is 9.78 Å². The first-order chi connectivity index (χ1) is 9.82. The largest absolute Gasteiger partial charge is 0.462 e. The predicted molar refractivity (Wildman–Crippen MR) is 68.9 cm³/mol. The van der Waals surface area contributed by atoms with Gasteiger partial charge in [-0.05, 0) is 25.1 Å². The van der Waals surface area contributed by atoms with E-state index in [4.69, 9.17) is 10.5 Å². The Bertz CT molecular complexity index is 665. The lowest BCUT2D eigenvalue weighted by molar-refractivity contribution is -0.137. The van der Waals surface area contributed by atoms with Gasteiger partial charge >= 0.3 is 12.1 Å². The van der Waals surface area contributed by atoms with Crippen molar-refractivity contribution in [2.75, 3.05) is 12.3 Å². The molecule has 5 nitrogen and oxygen atoms in total. The van der Waals surface area contributed by atoms with Crippen LogP contribution in [-0.2, 0) is 10.9 Å². The lowest BCUT2D eigenvalue weighted by Crippen LogP contribution is -2.08. The van der Waals surface area contributed by atoms with Crippen LogP contribution in [0.2, 0.25) is 0 Å². The summed E-state index contributed by atoms with van der Waals surface area (Å²) in [5.74, 6) is -0.582. The molecule has 0 aliphatic rings. The summed E-state index contributed by atoms with van der Waals surface area (Å²) in [6.07, 6.45) is -3.00. The van der Waals surface area contributed by atoms with Gasteiger partial charge in [0.15, 0.2) is 0 Å². The Labute approximate surface area is 118 Å². The van der Waals surface area contributed by atoms with E-state index in [9.17, 15) is 18.0 Å². The Morgan fingerprint density at radius 1 is 1.43 bits per heavy atom. The summed E-state index contributed by atoms with van der Waals surface area (Å²) >= 11 is 0. The molecular formula is C13H12F3N3O2. The van der Waals surface area contributed by atoms with Crippen molar-refractivity contribution in [3.05, 3.63) is 41.7 Å². The van der Waals surface area contributed by atoms with Crippen LogP contribution in [0.3, 0.4) is 0 Å². The van der Waals surface area contributed by atoms with Crippen molar-refractivity contribution in [2.24, 2.45) is 0 Å². The molecule has 112 valence electrons. The van der Waals surface area contributed by atoms with Gasteiger partial charge in [-0.2, -0.15) is 18.3 Å². The molecule has 0 aliphatic heterocycles. The van der Waals surface area contributed by atoms with Gasteiger partial charge in [-0.3, -0.25) is 0 Å². The van der Waals surface area contributed by atoms with E-state index in [0.717, 1.165) is 10.9 Å². The van der Waals surface area contributed by atoms with Crippen LogP contribution >= 0.6 is 0 Å². The summed E-state index contributed by atoms with van der Waals surface area (Å²) in [5.41, 5.74) is 5.38. The second-order valence-electron chi connectivity index (χ2n) is 4.17. The Morgan fingerprint density at radius 3 is 2.71 bits per heavy atom. The highest BCUT2D eigenvalue weighted by atomic mass is 19.4. The van der Waals surface area contributed by atoms with Crippen LogP contribution in [0.25, 0.3) is 5.69 Å². The van der Waals surface area contributed by atoms with Crippen LogP contribution in [0.1, 0.15) is 22.8 Å². The molecule has 0 bridgehead atoms. The summed E-state index contributed by atoms with van der Waals surface area (Å²) in [6, 6.07) is 4.18. The third-order valence-corrected chi connectivity index (χ3v) is 2.70. The minimum Gasteiger partial charge on any atom is -0.462 e. The molecule has 1 aromatic heterocycles. The fraction of sp³-hybridized carbons (Fsp3) is 0.231. The average molecular weight is 299 g/mol. The predicted octanol–water partition coefficient (Wildman–Crippen LogP) is 2.65. The maximum Gasteiger partial charge on any atom is 0.419 e. The number of rotatable bonds is 3. The SMILES string of the molecule is CCOC(=O)c1ccc(N)c(-n2cc(C(F)(F)F)cn2)c1. The van der Waals surface area contributed by atoms with Crippen LogP contribution in [0.5, 0.6) is 0 Å². The van der Waals surface area contributed by atoms with Crippen molar-refractivity contribution in [3.63, 3.8) is 0 Å². The standard InChI is InChI=1S/C13H12F3N3O2/c1-2-21-12(20)8-3-4-10(17)11(5-8)19-7-9(6-18-19)13(14,15)16/h3-7H,2,17H2,1H3. The maximum absolute atomic E-state index is 12.6. The van der Waals surface area contributed by atoms with Crippen molar-refractivity contribution in [1.29, 1.82) is 0 Å². The fourth-order valence-electron chi connectivity index (χ4n) is 1.68. The molecule has 0 saturated heterocycles. The highest BCUT2D eigenvalue weighted by Crippen LogP contribution is 2.30. The number of nitrogens with two attached hydrogens (primary N) is 1. The van der Waals surface area contributed by atoms with E-state index in [0.29, 0.717) is 6.20 Å². The number of hydrogen-bond acceptors (Lipinski definition) is 4. The summed E-state index contributed by atoms with van der Waals surface area (Å²) in [5, 5.41) is 3.62. The summed E-state index contributed by atoms with van der Waals surface area (Å²) in [6.45, 7) is 1.84. The average Bonchev–Trinajstić information content (AvgIpc) is 2.89. The molecule has 2 aromatic rings. The second-order valence-corrected chi connectivity index (χ2v) is 4.17. The van der Waals surface area contributed by atoms with Crippen molar-refractivity contribution in [3.8, 4) is 5.69 Å². The number of nitrogen functional groups attached to an aromatic ring is 1. The topological polar surface area (TPSA) is 70.1 Å². The normalized spacial score (nSPS) is 11.4. The number of carbonyl (C=O) groups is 1. The number of anilines is 1. The molecule has 1 aromatic carbocycles. The minimum absolute atomic E-state index is 0.177. The highest BCUT2D eigenvalue weighted by molar-refractivity contribution is 5.91. The van der Waals surface area contributed by atoms with Crippen LogP contribution in [0.15, 0.2) is 30.6 Å². The zero-order valence-electron chi connectivity index (χ0n) is 11.0. The van der Waals surface area contributed by atoms with Crippen LogP contribution in [-0.4, -0.2) is 22.4 Å². The van der Waals surface area contributed by atoms with Crippen LogP contribution < -0.4 is 5.73 Å². The summed E-state index contributed by atoms with van der Waals surface area (Å²) in [7, 11) is 0. The fourth-order valence-corrected chi connectivity index (χ4v) is 1.68. The van der Waals surface area contributed by atoms with Gasteiger partial charge in [0.2, 0.25) is 0 Å². The molecule has 0 atom stereocenters. The minimum atomic E-state index is -4.49. The van der Waals surface area contributed by atoms with Gasteiger partial charge in [-0.25, -0.2) is 9.48 Å². The van der Waals surface area contributed by atoms with Gasteiger partial charge in [0.05, 0.1) is 35.3 Å². The number of esters is 1. The van der Waals surface area contributed by atoms with Crippen LogP contribution in [0, 0.1) is 0 Å². The number of benzene rings is 1. The molecule has 1 heterocycles. The molecule has 0 radical (unpaired) electrons. The number of aromatic nitrogens is 2. The molecule has 8 heteroatoms. The molecule has 0 spiro atoms. The molecule has 0 aliphatic carbocycles. The number of hydrogen-bond donors (Lipinski definition) is 1. The molecule has 0 amide bonds. The van der Waals surface area contributed by atoms with Gasteiger partial charge in [-0.15, -0.1) is 0 Å². The van der Waals surface area contributed by atoms with E-state index in [-0.39, 0.29) is 23.5 Å². The summed E-state index contributed by atoms with van der Waals surface area (Å²) < 4.78 is 43.5. The van der Waals surface area contributed by atoms with Crippen molar-refractivity contribution < 1.29 is 22.7 Å². The smallest absolute Gasteiger partial charge is 0.419 e. The molecule has 2 N–H and O–H groups in total. The molecule has 2 rings (SSSR count). The lowest BCUT2D eigenvalue weighted by Gasteiger charge is -2.08. The first-order valence-corrected chi connectivity index (χ1v) is 6.02. The van der Waals surface area contributed by atoms with Gasteiger partial charge < -0.3 is 10.5 Å². The van der Waals surface area contributed by atoms with Gasteiger partial charge in [0.1, 0.15) is 0 Å². The van der Waals surface area contributed by atoms with E-state index < -0.39 is 17.7 Å². The van der Waals surface area contributed by atoms with E-state index >= 15 is 0 Å². The van der Waals surface area contributed by atoms with Crippen molar-refractivity contribution in [2.45, 2.75) is 13.1 Å². The third-order valence-electron chi connectivity index (χ3n) is 2.70. The second kappa shape index (κ2) is 5.47. The number of nitrogens with zero attached hydrogens (tertiary/aromatic N) is 2. The Hall–Kier alpha value is -2.51. The monoisotopic (exact) mass is 299 g/mol. The molecular weight excluding hydrogens is 287 g/mol. The number of ether oxygens (including phenoxy) is 1. The maximum atomic E-state index is 12.6. The Morgan fingerprint density at radius 2 is 2.14 bits per heavy atom. The first kappa shape index (κ1) is 14.9. The highest BCUT2D eigenvalue weighted by Gasteiger charge is 2.32. The van der Waals surface area contributed by atoms with Gasteiger partial charge in [-0.1, -0.05) is 0 Å². The van der Waals surface area contributed by atoms with E-state index in [1.807, 2.05) is 0 Å². The molecule has 0 fully saturated rings. The number of carbonyl (C=O) groups excluding carboxylic acids is 1. The zero-order valence-corrected chi connectivity index (χ0v) is 11.0. The first-order valence-electron chi connectivity index (χ1n) is 6.02. The van der Waals surface area contributed by atoms with E-state index in [2.05, 4.69) is 5.10 Å². The third kappa shape index (κ3) is 3.15. The summed E-state index contributed by atoms with van der Waals surface area (Å²) in [4.78, 5) is 11.6. The lowest BCUT2D eigenvalue weighted by atomic mass is 10.1. The number of alkyl halides is 3. The van der Waals surface area contributed by atoms with Gasteiger partial charge in [0.25, 0.3) is 0 Å². The molecule has 0 saturated carbocycles. The van der Waals surface area contributed by atoms with Crippen LogP contribution in [0.4, 0.5) is 18.9 Å². The van der Waals surface area contributed by atoms with Gasteiger partial charge in [0, 0.05) is 6.20 Å². The number of halogens is 3. The molecule has 21 heavy (non-hydrogen) atoms. The van der Waals surface area contributed by atoms with E-state index in [1.54, 1.807) is 6.92 Å². The van der Waals surface area contributed by atoms with Crippen molar-refractivity contribution >= 4 is 11.7 Å². The Balaban J connectivity index is 2.41. The molecule has 0 unspecified atom stereocenters. The quantitative estimate of drug-likeness (QED) is 0.698. The Kier molecular flexibility index (Phi) is 3.88.